The molecule has 1 unspecified atom stereocenters. The van der Waals surface area contributed by atoms with Gasteiger partial charge in [-0.3, -0.25) is 4.79 Å². The van der Waals surface area contributed by atoms with Crippen LogP contribution in [0, 0.1) is 0 Å². The van der Waals surface area contributed by atoms with E-state index in [1.807, 2.05) is 27.7 Å². The van der Waals surface area contributed by atoms with Gasteiger partial charge in [-0.2, -0.15) is 0 Å². The van der Waals surface area contributed by atoms with Crippen LogP contribution in [0.3, 0.4) is 0 Å². The summed E-state index contributed by atoms with van der Waals surface area (Å²) in [5, 5.41) is 0. The SMILES string of the molecule is CCCOCCC(=O)N1CCN(C(=O)OC(C)(C)C)CC1CN. The molecule has 1 atom stereocenters. The molecule has 1 heterocycles. The molecule has 23 heavy (non-hydrogen) atoms. The molecule has 134 valence electrons. The fourth-order valence-electron chi connectivity index (χ4n) is 2.43. The minimum absolute atomic E-state index is 0.0281. The van der Waals surface area contributed by atoms with E-state index in [1.165, 1.54) is 0 Å². The Morgan fingerprint density at radius 1 is 1.22 bits per heavy atom. The molecule has 0 aromatic carbocycles. The first-order chi connectivity index (χ1) is 10.8. The molecule has 7 nitrogen and oxygen atoms in total. The fourth-order valence-corrected chi connectivity index (χ4v) is 2.43. The Kier molecular flexibility index (Phi) is 7.78. The van der Waals surface area contributed by atoms with Gasteiger partial charge in [0.25, 0.3) is 0 Å². The van der Waals surface area contributed by atoms with Crippen LogP contribution in [0.5, 0.6) is 0 Å². The summed E-state index contributed by atoms with van der Waals surface area (Å²) in [5.41, 5.74) is 5.26. The van der Waals surface area contributed by atoms with E-state index in [9.17, 15) is 9.59 Å². The van der Waals surface area contributed by atoms with Crippen molar-refractivity contribution in [2.75, 3.05) is 39.4 Å². The molecule has 0 spiro atoms. The van der Waals surface area contributed by atoms with Crippen LogP contribution >= 0.6 is 0 Å². The number of ether oxygens (including phenoxy) is 2. The normalized spacial score (nSPS) is 18.9. The lowest BCUT2D eigenvalue weighted by Crippen LogP contribution is -2.59. The molecule has 1 aliphatic heterocycles. The number of nitrogens with two attached hydrogens (primary N) is 1. The molecule has 0 saturated carbocycles. The second kappa shape index (κ2) is 9.08. The number of rotatable bonds is 6. The summed E-state index contributed by atoms with van der Waals surface area (Å²) in [5.74, 6) is 0.0281. The molecule has 1 aliphatic rings. The average molecular weight is 329 g/mol. The Morgan fingerprint density at radius 2 is 1.91 bits per heavy atom. The van der Waals surface area contributed by atoms with Gasteiger partial charge in [-0.05, 0) is 27.2 Å². The zero-order chi connectivity index (χ0) is 17.5. The van der Waals surface area contributed by atoms with Gasteiger partial charge < -0.3 is 25.0 Å². The summed E-state index contributed by atoms with van der Waals surface area (Å²) in [7, 11) is 0. The topological polar surface area (TPSA) is 85.1 Å². The molecule has 0 bridgehead atoms. The van der Waals surface area contributed by atoms with Crippen LogP contribution in [0.15, 0.2) is 0 Å². The van der Waals surface area contributed by atoms with Gasteiger partial charge >= 0.3 is 6.09 Å². The monoisotopic (exact) mass is 329 g/mol. The molecular formula is C16H31N3O4. The summed E-state index contributed by atoms with van der Waals surface area (Å²) >= 11 is 0. The highest BCUT2D eigenvalue weighted by molar-refractivity contribution is 5.77. The van der Waals surface area contributed by atoms with Crippen molar-refractivity contribution in [1.29, 1.82) is 0 Å². The Morgan fingerprint density at radius 3 is 2.48 bits per heavy atom. The zero-order valence-electron chi connectivity index (χ0n) is 14.8. The van der Waals surface area contributed by atoms with Crippen molar-refractivity contribution in [3.63, 3.8) is 0 Å². The van der Waals surface area contributed by atoms with E-state index in [0.717, 1.165) is 6.42 Å². The maximum atomic E-state index is 12.3. The first-order valence-corrected chi connectivity index (χ1v) is 8.33. The molecule has 0 aliphatic carbocycles. The Balaban J connectivity index is 2.51. The molecule has 0 aromatic rings. The van der Waals surface area contributed by atoms with E-state index in [-0.39, 0.29) is 18.0 Å². The second-order valence-corrected chi connectivity index (χ2v) is 6.77. The maximum absolute atomic E-state index is 12.3. The number of carbonyl (C=O) groups is 2. The minimum atomic E-state index is -0.529. The van der Waals surface area contributed by atoms with Crippen molar-refractivity contribution in [2.24, 2.45) is 5.73 Å². The summed E-state index contributed by atoms with van der Waals surface area (Å²) in [6.07, 6.45) is 0.936. The minimum Gasteiger partial charge on any atom is -0.444 e. The molecule has 7 heteroatoms. The molecule has 2 amide bonds. The van der Waals surface area contributed by atoms with Crippen LogP contribution in [0.2, 0.25) is 0 Å². The van der Waals surface area contributed by atoms with Crippen LogP contribution in [0.25, 0.3) is 0 Å². The number of piperazine rings is 1. The van der Waals surface area contributed by atoms with Gasteiger partial charge in [0.1, 0.15) is 5.60 Å². The third-order valence-electron chi connectivity index (χ3n) is 3.54. The number of carbonyl (C=O) groups excluding carboxylic acids is 2. The summed E-state index contributed by atoms with van der Waals surface area (Å²) < 4.78 is 10.7. The van der Waals surface area contributed by atoms with E-state index < -0.39 is 5.60 Å². The molecule has 1 saturated heterocycles. The van der Waals surface area contributed by atoms with Crippen molar-refractivity contribution in [1.82, 2.24) is 9.80 Å². The highest BCUT2D eigenvalue weighted by atomic mass is 16.6. The summed E-state index contributed by atoms with van der Waals surface area (Å²) in [6.45, 7) is 10.3. The molecule has 1 fully saturated rings. The molecular weight excluding hydrogens is 298 g/mol. The van der Waals surface area contributed by atoms with Crippen LogP contribution < -0.4 is 5.73 Å². The van der Waals surface area contributed by atoms with Gasteiger partial charge in [-0.1, -0.05) is 6.92 Å². The quantitative estimate of drug-likeness (QED) is 0.740. The lowest BCUT2D eigenvalue weighted by atomic mass is 10.1. The highest BCUT2D eigenvalue weighted by Crippen LogP contribution is 2.15. The second-order valence-electron chi connectivity index (χ2n) is 6.77. The van der Waals surface area contributed by atoms with Crippen LogP contribution in [0.4, 0.5) is 4.79 Å². The van der Waals surface area contributed by atoms with Gasteiger partial charge in [0, 0.05) is 32.8 Å². The third-order valence-corrected chi connectivity index (χ3v) is 3.54. The summed E-state index contributed by atoms with van der Waals surface area (Å²) in [6, 6.07) is -0.171. The summed E-state index contributed by atoms with van der Waals surface area (Å²) in [4.78, 5) is 27.8. The van der Waals surface area contributed by atoms with Crippen LogP contribution in [-0.2, 0) is 14.3 Å². The van der Waals surface area contributed by atoms with Gasteiger partial charge in [-0.15, -0.1) is 0 Å². The number of hydrogen-bond acceptors (Lipinski definition) is 5. The maximum Gasteiger partial charge on any atom is 0.410 e. The van der Waals surface area contributed by atoms with Crippen molar-refractivity contribution >= 4 is 12.0 Å². The zero-order valence-corrected chi connectivity index (χ0v) is 14.8. The number of amides is 2. The van der Waals surface area contributed by atoms with Crippen molar-refractivity contribution in [2.45, 2.75) is 52.2 Å². The lowest BCUT2D eigenvalue weighted by Gasteiger charge is -2.41. The van der Waals surface area contributed by atoms with Gasteiger partial charge in [0.05, 0.1) is 19.1 Å². The first kappa shape index (κ1) is 19.7. The first-order valence-electron chi connectivity index (χ1n) is 8.33. The molecule has 2 N–H and O–H groups in total. The third kappa shape index (κ3) is 6.74. The van der Waals surface area contributed by atoms with Crippen molar-refractivity contribution in [3.05, 3.63) is 0 Å². The predicted molar refractivity (Wildman–Crippen MR) is 88.1 cm³/mol. The largest absolute Gasteiger partial charge is 0.444 e. The number of nitrogens with zero attached hydrogens (tertiary/aromatic N) is 2. The van der Waals surface area contributed by atoms with E-state index >= 15 is 0 Å². The van der Waals surface area contributed by atoms with E-state index in [0.29, 0.717) is 45.8 Å². The van der Waals surface area contributed by atoms with E-state index in [1.54, 1.807) is 9.80 Å². The average Bonchev–Trinajstić information content (AvgIpc) is 2.49. The molecule has 1 rings (SSSR count). The lowest BCUT2D eigenvalue weighted by molar-refractivity contribution is -0.137. The molecule has 0 aromatic heterocycles. The van der Waals surface area contributed by atoms with Gasteiger partial charge in [0.2, 0.25) is 5.91 Å². The molecule has 0 radical (unpaired) electrons. The highest BCUT2D eigenvalue weighted by Gasteiger charge is 2.33. The Labute approximate surface area is 139 Å². The van der Waals surface area contributed by atoms with Gasteiger partial charge in [0.15, 0.2) is 0 Å². The van der Waals surface area contributed by atoms with Crippen molar-refractivity contribution in [3.8, 4) is 0 Å². The fraction of sp³-hybridized carbons (Fsp3) is 0.875. The van der Waals surface area contributed by atoms with E-state index in [2.05, 4.69) is 0 Å². The Bertz CT molecular complexity index is 395. The Hall–Kier alpha value is -1.34. The standard InChI is InChI=1S/C16H31N3O4/c1-5-9-22-10-6-14(20)19-8-7-18(12-13(19)11-17)15(21)23-16(2,3)4/h13H,5-12,17H2,1-4H3. The predicted octanol–water partition coefficient (Wildman–Crippen LogP) is 1.21. The smallest absolute Gasteiger partial charge is 0.410 e. The van der Waals surface area contributed by atoms with Crippen LogP contribution in [0.1, 0.15) is 40.5 Å². The van der Waals surface area contributed by atoms with Crippen LogP contribution in [-0.4, -0.2) is 72.8 Å². The van der Waals surface area contributed by atoms with Crippen molar-refractivity contribution < 1.29 is 19.1 Å². The van der Waals surface area contributed by atoms with Gasteiger partial charge in [-0.25, -0.2) is 4.79 Å². The number of hydrogen-bond donors (Lipinski definition) is 1. The van der Waals surface area contributed by atoms with E-state index in [4.69, 9.17) is 15.2 Å².